The molecule has 2 N–H and O–H groups in total. The lowest BCUT2D eigenvalue weighted by atomic mass is 9.93. The van der Waals surface area contributed by atoms with Crippen molar-refractivity contribution in [2.24, 2.45) is 0 Å². The lowest BCUT2D eigenvalue weighted by molar-refractivity contribution is -0.119. The number of H-pyrrole nitrogens is 1. The van der Waals surface area contributed by atoms with Crippen molar-refractivity contribution in [3.05, 3.63) is 47.8 Å². The van der Waals surface area contributed by atoms with Gasteiger partial charge in [0.15, 0.2) is 0 Å². The molecule has 0 aliphatic carbocycles. The number of rotatable bonds is 6. The first-order valence-electron chi connectivity index (χ1n) is 7.04. The number of aryl methyl sites for hydroxylation is 1. The number of aromatic amines is 1. The van der Waals surface area contributed by atoms with Crippen LogP contribution in [0.25, 0.3) is 0 Å². The second-order valence-corrected chi connectivity index (χ2v) is 6.76. The van der Waals surface area contributed by atoms with Crippen molar-refractivity contribution in [3.8, 4) is 0 Å². The van der Waals surface area contributed by atoms with Crippen molar-refractivity contribution >= 4 is 15.9 Å². The van der Waals surface area contributed by atoms with Crippen molar-refractivity contribution in [1.82, 2.24) is 14.9 Å². The average Bonchev–Trinajstić information content (AvgIpc) is 2.92. The Hall–Kier alpha value is -2.15. The number of hydrogen-bond donors (Lipinski definition) is 2. The van der Waals surface area contributed by atoms with E-state index in [1.165, 1.54) is 6.20 Å². The summed E-state index contributed by atoms with van der Waals surface area (Å²) in [6.07, 6.45) is 2.07. The van der Waals surface area contributed by atoms with Gasteiger partial charge < -0.3 is 0 Å². The Labute approximate surface area is 130 Å². The highest BCUT2D eigenvalue weighted by atomic mass is 32.2. The standard InChI is InChI=1S/C15H19N3O3S/c1-3-12(13-7-5-4-6-8-13)9-15(19)18-22(20,21)14-10-16-17-11(14)2/h4-8,10,12H,3,9H2,1-2H3,(H,16,17)(H,18,19). The molecule has 0 radical (unpaired) electrons. The zero-order valence-corrected chi connectivity index (χ0v) is 13.4. The van der Waals surface area contributed by atoms with E-state index < -0.39 is 15.9 Å². The number of carbonyl (C=O) groups is 1. The van der Waals surface area contributed by atoms with Gasteiger partial charge in [0, 0.05) is 6.42 Å². The van der Waals surface area contributed by atoms with Crippen LogP contribution in [-0.2, 0) is 14.8 Å². The van der Waals surface area contributed by atoms with Gasteiger partial charge in [-0.25, -0.2) is 13.1 Å². The topological polar surface area (TPSA) is 91.9 Å². The highest BCUT2D eigenvalue weighted by Gasteiger charge is 2.23. The van der Waals surface area contributed by atoms with Crippen LogP contribution in [0.4, 0.5) is 0 Å². The zero-order chi connectivity index (χ0) is 16.2. The molecule has 0 aliphatic rings. The van der Waals surface area contributed by atoms with Crippen molar-refractivity contribution in [3.63, 3.8) is 0 Å². The van der Waals surface area contributed by atoms with Crippen LogP contribution in [0.15, 0.2) is 41.4 Å². The fourth-order valence-electron chi connectivity index (χ4n) is 2.30. The van der Waals surface area contributed by atoms with Crippen LogP contribution in [0.3, 0.4) is 0 Å². The number of benzene rings is 1. The molecule has 0 spiro atoms. The molecular formula is C15H19N3O3S. The lowest BCUT2D eigenvalue weighted by Crippen LogP contribution is -2.31. The van der Waals surface area contributed by atoms with E-state index in [2.05, 4.69) is 14.9 Å². The molecule has 1 aromatic carbocycles. The van der Waals surface area contributed by atoms with Gasteiger partial charge in [0.1, 0.15) is 4.90 Å². The molecule has 0 fully saturated rings. The van der Waals surface area contributed by atoms with Gasteiger partial charge >= 0.3 is 0 Å². The summed E-state index contributed by atoms with van der Waals surface area (Å²) in [5, 5.41) is 6.21. The summed E-state index contributed by atoms with van der Waals surface area (Å²) in [5.74, 6) is -0.529. The van der Waals surface area contributed by atoms with Gasteiger partial charge in [-0.05, 0) is 24.8 Å². The summed E-state index contributed by atoms with van der Waals surface area (Å²) < 4.78 is 26.4. The quantitative estimate of drug-likeness (QED) is 0.852. The molecule has 1 unspecified atom stereocenters. The highest BCUT2D eigenvalue weighted by molar-refractivity contribution is 7.90. The highest BCUT2D eigenvalue weighted by Crippen LogP contribution is 2.23. The average molecular weight is 321 g/mol. The maximum Gasteiger partial charge on any atom is 0.267 e. The molecule has 1 heterocycles. The third-order valence-corrected chi connectivity index (χ3v) is 5.00. The number of sulfonamides is 1. The molecule has 2 aromatic rings. The van der Waals surface area contributed by atoms with Gasteiger partial charge in [-0.15, -0.1) is 0 Å². The minimum absolute atomic E-state index is 0.00592. The molecule has 1 aromatic heterocycles. The zero-order valence-electron chi connectivity index (χ0n) is 12.5. The lowest BCUT2D eigenvalue weighted by Gasteiger charge is -2.15. The minimum atomic E-state index is -3.88. The first-order valence-corrected chi connectivity index (χ1v) is 8.53. The summed E-state index contributed by atoms with van der Waals surface area (Å²) >= 11 is 0. The van der Waals surface area contributed by atoms with Gasteiger partial charge in [0.2, 0.25) is 5.91 Å². The number of nitrogens with zero attached hydrogens (tertiary/aromatic N) is 1. The van der Waals surface area contributed by atoms with E-state index in [1.54, 1.807) is 6.92 Å². The van der Waals surface area contributed by atoms with E-state index >= 15 is 0 Å². The molecular weight excluding hydrogens is 302 g/mol. The summed E-state index contributed by atoms with van der Waals surface area (Å²) in [6, 6.07) is 9.59. The van der Waals surface area contributed by atoms with Crippen LogP contribution in [0.5, 0.6) is 0 Å². The van der Waals surface area contributed by atoms with Crippen LogP contribution in [0.1, 0.15) is 36.9 Å². The second-order valence-electron chi connectivity index (χ2n) is 5.11. The van der Waals surface area contributed by atoms with Gasteiger partial charge in [0.05, 0.1) is 11.9 Å². The smallest absolute Gasteiger partial charge is 0.267 e. The van der Waals surface area contributed by atoms with Crippen molar-refractivity contribution in [1.29, 1.82) is 0 Å². The van der Waals surface area contributed by atoms with Crippen LogP contribution in [0, 0.1) is 6.92 Å². The Morgan fingerprint density at radius 2 is 2.00 bits per heavy atom. The monoisotopic (exact) mass is 321 g/mol. The van der Waals surface area contributed by atoms with Crippen LogP contribution >= 0.6 is 0 Å². The third kappa shape index (κ3) is 3.73. The second kappa shape index (κ2) is 6.74. The van der Waals surface area contributed by atoms with Crippen LogP contribution < -0.4 is 4.72 Å². The predicted octanol–water partition coefficient (Wildman–Crippen LogP) is 2.11. The molecule has 0 saturated carbocycles. The largest absolute Gasteiger partial charge is 0.281 e. The minimum Gasteiger partial charge on any atom is -0.281 e. The van der Waals surface area contributed by atoms with Gasteiger partial charge in [-0.1, -0.05) is 37.3 Å². The third-order valence-electron chi connectivity index (χ3n) is 3.52. The van der Waals surface area contributed by atoms with Crippen LogP contribution in [0.2, 0.25) is 0 Å². The summed E-state index contributed by atoms with van der Waals surface area (Å²) in [7, 11) is -3.88. The number of aromatic nitrogens is 2. The maximum absolute atomic E-state index is 12.1. The molecule has 1 atom stereocenters. The Kier molecular flexibility index (Phi) is 4.97. The number of nitrogens with one attached hydrogen (secondary N) is 2. The molecule has 1 amide bonds. The maximum atomic E-state index is 12.1. The number of amides is 1. The molecule has 0 aliphatic heterocycles. The SMILES string of the molecule is CCC(CC(=O)NS(=O)(=O)c1cn[nH]c1C)c1ccccc1. The van der Waals surface area contributed by atoms with Crippen molar-refractivity contribution in [2.45, 2.75) is 37.5 Å². The van der Waals surface area contributed by atoms with Crippen LogP contribution in [-0.4, -0.2) is 24.5 Å². The Morgan fingerprint density at radius 3 is 2.55 bits per heavy atom. The molecule has 7 heteroatoms. The Balaban J connectivity index is 2.08. The summed E-state index contributed by atoms with van der Waals surface area (Å²) in [4.78, 5) is 12.1. The Bertz CT molecular complexity index is 738. The van der Waals surface area contributed by atoms with E-state index in [0.717, 1.165) is 12.0 Å². The molecule has 2 rings (SSSR count). The molecule has 6 nitrogen and oxygen atoms in total. The van der Waals surface area contributed by atoms with E-state index in [4.69, 9.17) is 0 Å². The van der Waals surface area contributed by atoms with E-state index in [0.29, 0.717) is 5.69 Å². The van der Waals surface area contributed by atoms with Gasteiger partial charge in [-0.3, -0.25) is 9.89 Å². The van der Waals surface area contributed by atoms with E-state index in [1.807, 2.05) is 37.3 Å². The molecule has 118 valence electrons. The normalized spacial score (nSPS) is 12.8. The van der Waals surface area contributed by atoms with E-state index in [-0.39, 0.29) is 17.2 Å². The fourth-order valence-corrected chi connectivity index (χ4v) is 3.44. The predicted molar refractivity (Wildman–Crippen MR) is 82.7 cm³/mol. The number of carbonyl (C=O) groups excluding carboxylic acids is 1. The summed E-state index contributed by atoms with van der Waals surface area (Å²) in [5.41, 5.74) is 1.42. The first-order chi connectivity index (χ1) is 10.4. The molecule has 0 saturated heterocycles. The van der Waals surface area contributed by atoms with Crippen molar-refractivity contribution in [2.75, 3.05) is 0 Å². The fraction of sp³-hybridized carbons (Fsp3) is 0.333. The van der Waals surface area contributed by atoms with Gasteiger partial charge in [0.25, 0.3) is 10.0 Å². The van der Waals surface area contributed by atoms with Gasteiger partial charge in [-0.2, -0.15) is 5.10 Å². The first kappa shape index (κ1) is 16.2. The van der Waals surface area contributed by atoms with Crippen molar-refractivity contribution < 1.29 is 13.2 Å². The summed E-state index contributed by atoms with van der Waals surface area (Å²) in [6.45, 7) is 3.56. The van der Waals surface area contributed by atoms with E-state index in [9.17, 15) is 13.2 Å². The Morgan fingerprint density at radius 1 is 1.32 bits per heavy atom. The molecule has 0 bridgehead atoms. The molecule has 22 heavy (non-hydrogen) atoms. The number of hydrogen-bond acceptors (Lipinski definition) is 4.